The molecule has 0 bridgehead atoms. The maximum atomic E-state index is 13.1. The molecule has 170 valence electrons. The highest BCUT2D eigenvalue weighted by atomic mass is 32.2. The van der Waals surface area contributed by atoms with Crippen molar-refractivity contribution in [2.45, 2.75) is 31.2 Å². The van der Waals surface area contributed by atoms with Gasteiger partial charge < -0.3 is 5.32 Å². The average molecular weight is 499 g/mol. The maximum Gasteiger partial charge on any atom is 0.325 e. The number of anilines is 1. The highest BCUT2D eigenvalue weighted by Gasteiger charge is 2.22. The van der Waals surface area contributed by atoms with Gasteiger partial charge in [-0.25, -0.2) is 9.78 Å². The van der Waals surface area contributed by atoms with Gasteiger partial charge in [0.25, 0.3) is 5.56 Å². The molecular formula is C23H22N4O3S3. The van der Waals surface area contributed by atoms with Crippen LogP contribution in [0.25, 0.3) is 20.7 Å². The van der Waals surface area contributed by atoms with Crippen LogP contribution in [0.15, 0.2) is 51.0 Å². The Balaban J connectivity index is 1.48. The lowest BCUT2D eigenvalue weighted by molar-refractivity contribution is -0.119. The summed E-state index contributed by atoms with van der Waals surface area (Å²) >= 11 is 4.11. The SMILES string of the molecule is Cc1ccc(NC(=O)NC(=O)C(C)Sc2nc3scc(-c4cccs4)c3c(=O)n2C)c(C)c1. The molecule has 3 heterocycles. The lowest BCUT2D eigenvalue weighted by Crippen LogP contribution is -2.39. The number of hydrogen-bond donors (Lipinski definition) is 2. The predicted octanol–water partition coefficient (Wildman–Crippen LogP) is 5.17. The van der Waals surface area contributed by atoms with E-state index in [1.807, 2.05) is 48.9 Å². The Kier molecular flexibility index (Phi) is 6.68. The molecule has 0 radical (unpaired) electrons. The fourth-order valence-electron chi connectivity index (χ4n) is 3.30. The number of aromatic nitrogens is 2. The number of amides is 3. The minimum Gasteiger partial charge on any atom is -0.307 e. The number of nitrogens with one attached hydrogen (secondary N) is 2. The van der Waals surface area contributed by atoms with Crippen molar-refractivity contribution in [3.63, 3.8) is 0 Å². The number of thioether (sulfide) groups is 1. The number of carbonyl (C=O) groups excluding carboxylic acids is 2. The highest BCUT2D eigenvalue weighted by Crippen LogP contribution is 2.34. The van der Waals surface area contributed by atoms with E-state index in [9.17, 15) is 14.4 Å². The van der Waals surface area contributed by atoms with Gasteiger partial charge in [0.05, 0.1) is 10.6 Å². The molecule has 2 N–H and O–H groups in total. The third kappa shape index (κ3) is 4.87. The Morgan fingerprint density at radius 3 is 2.67 bits per heavy atom. The lowest BCUT2D eigenvalue weighted by Gasteiger charge is -2.14. The Morgan fingerprint density at radius 2 is 1.97 bits per heavy atom. The molecule has 4 rings (SSSR count). The number of hydrogen-bond acceptors (Lipinski definition) is 7. The fraction of sp³-hybridized carbons (Fsp3) is 0.217. The quantitative estimate of drug-likeness (QED) is 0.293. The molecule has 7 nitrogen and oxygen atoms in total. The van der Waals surface area contributed by atoms with Gasteiger partial charge in [0.2, 0.25) is 5.91 Å². The molecule has 0 spiro atoms. The first kappa shape index (κ1) is 23.2. The number of nitrogens with zero attached hydrogens (tertiary/aromatic N) is 2. The van der Waals surface area contributed by atoms with Crippen LogP contribution in [0, 0.1) is 13.8 Å². The molecule has 1 atom stereocenters. The van der Waals surface area contributed by atoms with Gasteiger partial charge >= 0.3 is 6.03 Å². The van der Waals surface area contributed by atoms with E-state index < -0.39 is 17.2 Å². The van der Waals surface area contributed by atoms with Crippen LogP contribution in [0.2, 0.25) is 0 Å². The molecule has 0 aliphatic rings. The second-order valence-corrected chi connectivity index (χ2v) is 10.7. The van der Waals surface area contributed by atoms with Gasteiger partial charge in [0, 0.05) is 28.6 Å². The minimum atomic E-state index is -0.637. The summed E-state index contributed by atoms with van der Waals surface area (Å²) in [4.78, 5) is 44.3. The minimum absolute atomic E-state index is 0.160. The number of benzene rings is 1. The first-order valence-corrected chi connectivity index (χ1v) is 12.8. The molecule has 0 fully saturated rings. The van der Waals surface area contributed by atoms with E-state index >= 15 is 0 Å². The molecule has 0 saturated heterocycles. The standard InChI is InChI=1S/C23H22N4O3S3/c1-12-7-8-16(13(2)10-12)24-22(30)25-19(28)14(3)33-23-26-20-18(21(29)27(23)4)15(11-32-20)17-6-5-9-31-17/h5-11,14H,1-4H3,(H2,24,25,28,30). The normalized spacial score (nSPS) is 12.0. The molecule has 0 saturated carbocycles. The van der Waals surface area contributed by atoms with Crippen molar-refractivity contribution in [3.05, 3.63) is 62.6 Å². The number of aryl methyl sites for hydroxylation is 2. The maximum absolute atomic E-state index is 13.1. The smallest absolute Gasteiger partial charge is 0.307 e. The van der Waals surface area contributed by atoms with Crippen molar-refractivity contribution in [1.29, 1.82) is 0 Å². The molecule has 3 aromatic heterocycles. The van der Waals surface area contributed by atoms with E-state index in [1.54, 1.807) is 31.4 Å². The Labute approximate surface area is 202 Å². The van der Waals surface area contributed by atoms with E-state index in [-0.39, 0.29) is 5.56 Å². The van der Waals surface area contributed by atoms with Crippen LogP contribution in [0.1, 0.15) is 18.1 Å². The molecular weight excluding hydrogens is 476 g/mol. The summed E-state index contributed by atoms with van der Waals surface area (Å²) in [6.07, 6.45) is 0. The molecule has 3 amide bonds. The largest absolute Gasteiger partial charge is 0.325 e. The molecule has 0 aliphatic carbocycles. The van der Waals surface area contributed by atoms with Gasteiger partial charge in [-0.05, 0) is 43.8 Å². The number of fused-ring (bicyclic) bond motifs is 1. The first-order valence-electron chi connectivity index (χ1n) is 10.1. The zero-order valence-corrected chi connectivity index (χ0v) is 20.9. The van der Waals surface area contributed by atoms with Crippen LogP contribution in [-0.4, -0.2) is 26.7 Å². The van der Waals surface area contributed by atoms with Crippen LogP contribution in [-0.2, 0) is 11.8 Å². The summed E-state index contributed by atoms with van der Waals surface area (Å²) in [5.74, 6) is -0.470. The zero-order valence-electron chi connectivity index (χ0n) is 18.5. The van der Waals surface area contributed by atoms with Crippen molar-refractivity contribution in [1.82, 2.24) is 14.9 Å². The lowest BCUT2D eigenvalue weighted by atomic mass is 10.1. The van der Waals surface area contributed by atoms with Gasteiger partial charge in [0.1, 0.15) is 4.83 Å². The Bertz CT molecular complexity index is 1410. The number of urea groups is 1. The second kappa shape index (κ2) is 9.50. The second-order valence-electron chi connectivity index (χ2n) is 7.59. The number of imide groups is 1. The average Bonchev–Trinajstić information content (AvgIpc) is 3.43. The molecule has 4 aromatic rings. The zero-order chi connectivity index (χ0) is 23.7. The van der Waals surface area contributed by atoms with E-state index in [1.165, 1.54) is 15.9 Å². The van der Waals surface area contributed by atoms with Crippen molar-refractivity contribution >= 4 is 62.3 Å². The summed E-state index contributed by atoms with van der Waals surface area (Å²) in [6.45, 7) is 5.53. The number of carbonyl (C=O) groups is 2. The van der Waals surface area contributed by atoms with Gasteiger partial charge in [-0.2, -0.15) is 0 Å². The molecule has 1 unspecified atom stereocenters. The fourth-order valence-corrected chi connectivity index (χ4v) is 5.98. The van der Waals surface area contributed by atoms with Crippen molar-refractivity contribution in [2.24, 2.45) is 7.05 Å². The summed E-state index contributed by atoms with van der Waals surface area (Å²) in [7, 11) is 1.64. The third-order valence-corrected chi connectivity index (χ3v) is 8.00. The Morgan fingerprint density at radius 1 is 1.18 bits per heavy atom. The summed E-state index contributed by atoms with van der Waals surface area (Å²) < 4.78 is 1.45. The Hall–Kier alpha value is -2.95. The van der Waals surface area contributed by atoms with E-state index in [0.717, 1.165) is 33.3 Å². The third-order valence-electron chi connectivity index (χ3n) is 5.08. The summed E-state index contributed by atoms with van der Waals surface area (Å²) in [6, 6.07) is 8.96. The van der Waals surface area contributed by atoms with Crippen LogP contribution < -0.4 is 16.2 Å². The van der Waals surface area contributed by atoms with Crippen molar-refractivity contribution in [2.75, 3.05) is 5.32 Å². The van der Waals surface area contributed by atoms with Crippen LogP contribution in [0.3, 0.4) is 0 Å². The highest BCUT2D eigenvalue weighted by molar-refractivity contribution is 8.00. The first-order chi connectivity index (χ1) is 15.7. The molecule has 10 heteroatoms. The molecule has 1 aromatic carbocycles. The number of thiophene rings is 2. The molecule has 33 heavy (non-hydrogen) atoms. The van der Waals surface area contributed by atoms with E-state index in [2.05, 4.69) is 15.6 Å². The molecule has 0 aliphatic heterocycles. The van der Waals surface area contributed by atoms with Crippen molar-refractivity contribution in [3.8, 4) is 10.4 Å². The van der Waals surface area contributed by atoms with Crippen LogP contribution >= 0.6 is 34.4 Å². The topological polar surface area (TPSA) is 93.1 Å². The summed E-state index contributed by atoms with van der Waals surface area (Å²) in [5.41, 5.74) is 3.35. The van der Waals surface area contributed by atoms with Gasteiger partial charge in [-0.3, -0.25) is 19.5 Å². The predicted molar refractivity (Wildman–Crippen MR) is 137 cm³/mol. The van der Waals surface area contributed by atoms with Gasteiger partial charge in [-0.1, -0.05) is 35.5 Å². The van der Waals surface area contributed by atoms with Crippen LogP contribution in [0.4, 0.5) is 10.5 Å². The number of rotatable bonds is 5. The van der Waals surface area contributed by atoms with Crippen molar-refractivity contribution < 1.29 is 9.59 Å². The monoisotopic (exact) mass is 498 g/mol. The van der Waals surface area contributed by atoms with E-state index in [0.29, 0.717) is 21.1 Å². The van der Waals surface area contributed by atoms with Gasteiger partial charge in [-0.15, -0.1) is 22.7 Å². The van der Waals surface area contributed by atoms with E-state index in [4.69, 9.17) is 0 Å². The summed E-state index contributed by atoms with van der Waals surface area (Å²) in [5, 5.41) is 9.34. The van der Waals surface area contributed by atoms with Crippen LogP contribution in [0.5, 0.6) is 0 Å². The van der Waals surface area contributed by atoms with Gasteiger partial charge in [0.15, 0.2) is 5.16 Å².